The molecule has 114 valence electrons. The summed E-state index contributed by atoms with van der Waals surface area (Å²) in [7, 11) is 0. The Labute approximate surface area is 134 Å². The predicted octanol–water partition coefficient (Wildman–Crippen LogP) is 6.89. The molecule has 0 saturated carbocycles. The van der Waals surface area contributed by atoms with Crippen LogP contribution in [-0.4, -0.2) is 0 Å². The molecule has 0 aliphatic rings. The zero-order valence-electron chi connectivity index (χ0n) is 13.9. The molecular weight excluding hydrogens is 276 g/mol. The van der Waals surface area contributed by atoms with Gasteiger partial charge in [-0.2, -0.15) is 0 Å². The summed E-state index contributed by atoms with van der Waals surface area (Å²) < 4.78 is 0. The van der Waals surface area contributed by atoms with Gasteiger partial charge < -0.3 is 0 Å². The molecule has 0 radical (unpaired) electrons. The number of hydrogen-bond donors (Lipinski definition) is 0. The van der Waals surface area contributed by atoms with Crippen LogP contribution in [0.2, 0.25) is 0 Å². The van der Waals surface area contributed by atoms with Crippen molar-refractivity contribution in [3.8, 4) is 0 Å². The normalized spacial score (nSPS) is 15.1. The Balaban J connectivity index is 2.27. The van der Waals surface area contributed by atoms with Crippen LogP contribution in [-0.2, 0) is 0 Å². The van der Waals surface area contributed by atoms with Gasteiger partial charge in [-0.05, 0) is 53.0 Å². The minimum atomic E-state index is 0.0912. The quantitative estimate of drug-likeness (QED) is 0.539. The molecule has 0 N–H and O–H groups in total. The van der Waals surface area contributed by atoms with E-state index in [1.165, 1.54) is 28.3 Å². The maximum absolute atomic E-state index is 6.81. The van der Waals surface area contributed by atoms with E-state index in [4.69, 9.17) is 11.6 Å². The Hall–Kier alpha value is -1.01. The number of hydrogen-bond acceptors (Lipinski definition) is 0. The van der Waals surface area contributed by atoms with E-state index in [-0.39, 0.29) is 5.38 Å². The molecule has 2 aromatic rings. The van der Waals surface area contributed by atoms with Crippen molar-refractivity contribution in [1.29, 1.82) is 0 Å². The summed E-state index contributed by atoms with van der Waals surface area (Å²) in [5.41, 5.74) is 2.98. The molecule has 2 atom stereocenters. The average Bonchev–Trinajstić information content (AvgIpc) is 2.35. The number of benzene rings is 2. The Kier molecular flexibility index (Phi) is 4.99. The van der Waals surface area contributed by atoms with Gasteiger partial charge in [0.05, 0.1) is 5.38 Å². The van der Waals surface area contributed by atoms with Crippen molar-refractivity contribution in [2.24, 2.45) is 11.3 Å². The first-order chi connectivity index (χ1) is 9.78. The van der Waals surface area contributed by atoms with Crippen LogP contribution >= 0.6 is 11.6 Å². The second kappa shape index (κ2) is 6.40. The van der Waals surface area contributed by atoms with E-state index in [2.05, 4.69) is 71.0 Å². The van der Waals surface area contributed by atoms with E-state index in [0.717, 1.165) is 6.42 Å². The zero-order chi connectivity index (χ0) is 15.6. The molecule has 2 unspecified atom stereocenters. The minimum absolute atomic E-state index is 0.0912. The number of alkyl halides is 1. The summed E-state index contributed by atoms with van der Waals surface area (Å²) in [6.45, 7) is 11.4. The SMILES string of the molecule is Cc1ccc2ccccc2c1C(Cl)CC(C)CC(C)(C)C. The van der Waals surface area contributed by atoms with Crippen LogP contribution < -0.4 is 0 Å². The van der Waals surface area contributed by atoms with E-state index >= 15 is 0 Å². The Morgan fingerprint density at radius 2 is 1.71 bits per heavy atom. The van der Waals surface area contributed by atoms with Gasteiger partial charge >= 0.3 is 0 Å². The Morgan fingerprint density at radius 1 is 1.05 bits per heavy atom. The molecule has 1 heteroatoms. The fourth-order valence-corrected chi connectivity index (χ4v) is 4.01. The molecule has 0 bridgehead atoms. The molecular formula is C20H27Cl. The van der Waals surface area contributed by atoms with Crippen LogP contribution in [0.5, 0.6) is 0 Å². The maximum Gasteiger partial charge on any atom is 0.0596 e. The molecule has 0 heterocycles. The lowest BCUT2D eigenvalue weighted by Gasteiger charge is -2.25. The summed E-state index contributed by atoms with van der Waals surface area (Å²) in [4.78, 5) is 0. The summed E-state index contributed by atoms with van der Waals surface area (Å²) in [6, 6.07) is 12.9. The highest BCUT2D eigenvalue weighted by molar-refractivity contribution is 6.22. The molecule has 0 aliphatic heterocycles. The van der Waals surface area contributed by atoms with Crippen LogP contribution in [0.3, 0.4) is 0 Å². The lowest BCUT2D eigenvalue weighted by atomic mass is 9.82. The van der Waals surface area contributed by atoms with Gasteiger partial charge in [0.25, 0.3) is 0 Å². The molecule has 0 amide bonds. The Morgan fingerprint density at radius 3 is 2.38 bits per heavy atom. The highest BCUT2D eigenvalue weighted by Gasteiger charge is 2.21. The van der Waals surface area contributed by atoms with E-state index in [1.54, 1.807) is 0 Å². The molecule has 21 heavy (non-hydrogen) atoms. The molecule has 0 saturated heterocycles. The monoisotopic (exact) mass is 302 g/mol. The number of aryl methyl sites for hydroxylation is 1. The van der Waals surface area contributed by atoms with Gasteiger partial charge in [0, 0.05) is 0 Å². The molecule has 0 nitrogen and oxygen atoms in total. The fraction of sp³-hybridized carbons (Fsp3) is 0.500. The van der Waals surface area contributed by atoms with Crippen LogP contribution in [0.25, 0.3) is 10.8 Å². The van der Waals surface area contributed by atoms with E-state index in [0.29, 0.717) is 11.3 Å². The highest BCUT2D eigenvalue weighted by Crippen LogP contribution is 2.38. The number of rotatable bonds is 4. The lowest BCUT2D eigenvalue weighted by Crippen LogP contribution is -2.12. The highest BCUT2D eigenvalue weighted by atomic mass is 35.5. The van der Waals surface area contributed by atoms with Gasteiger partial charge in [0.15, 0.2) is 0 Å². The first-order valence-electron chi connectivity index (χ1n) is 7.90. The lowest BCUT2D eigenvalue weighted by molar-refractivity contribution is 0.295. The van der Waals surface area contributed by atoms with Crippen molar-refractivity contribution in [2.75, 3.05) is 0 Å². The molecule has 2 rings (SSSR count). The third-order valence-corrected chi connectivity index (χ3v) is 4.47. The van der Waals surface area contributed by atoms with Gasteiger partial charge in [-0.3, -0.25) is 0 Å². The summed E-state index contributed by atoms with van der Waals surface area (Å²) >= 11 is 6.81. The second-order valence-corrected chi connectivity index (χ2v) is 8.12. The van der Waals surface area contributed by atoms with E-state index in [1.807, 2.05) is 0 Å². The second-order valence-electron chi connectivity index (χ2n) is 7.59. The van der Waals surface area contributed by atoms with Crippen molar-refractivity contribution >= 4 is 22.4 Å². The standard InChI is InChI=1S/C20H27Cl/c1-14(13-20(3,4)5)12-18(21)19-15(2)10-11-16-8-6-7-9-17(16)19/h6-11,14,18H,12-13H2,1-5H3. The number of halogens is 1. The van der Waals surface area contributed by atoms with Crippen LogP contribution in [0.15, 0.2) is 36.4 Å². The van der Waals surface area contributed by atoms with Crippen molar-refractivity contribution in [3.05, 3.63) is 47.5 Å². The summed E-state index contributed by atoms with van der Waals surface area (Å²) in [6.07, 6.45) is 2.24. The van der Waals surface area contributed by atoms with Gasteiger partial charge in [0.2, 0.25) is 0 Å². The van der Waals surface area contributed by atoms with Crippen LogP contribution in [0, 0.1) is 18.3 Å². The third-order valence-electron chi connectivity index (χ3n) is 4.07. The smallest absolute Gasteiger partial charge is 0.0596 e. The summed E-state index contributed by atoms with van der Waals surface area (Å²) in [5.74, 6) is 0.630. The zero-order valence-corrected chi connectivity index (χ0v) is 14.7. The topological polar surface area (TPSA) is 0 Å². The predicted molar refractivity (Wildman–Crippen MR) is 95.1 cm³/mol. The van der Waals surface area contributed by atoms with Crippen LogP contribution in [0.4, 0.5) is 0 Å². The van der Waals surface area contributed by atoms with Crippen molar-refractivity contribution in [1.82, 2.24) is 0 Å². The van der Waals surface area contributed by atoms with Crippen LogP contribution in [0.1, 0.15) is 57.0 Å². The molecule has 0 spiro atoms. The third kappa shape index (κ3) is 4.23. The largest absolute Gasteiger partial charge is 0.118 e. The van der Waals surface area contributed by atoms with Gasteiger partial charge in [-0.15, -0.1) is 11.6 Å². The van der Waals surface area contributed by atoms with Gasteiger partial charge in [-0.1, -0.05) is 64.1 Å². The minimum Gasteiger partial charge on any atom is -0.118 e. The van der Waals surface area contributed by atoms with Crippen molar-refractivity contribution in [3.63, 3.8) is 0 Å². The number of fused-ring (bicyclic) bond motifs is 1. The van der Waals surface area contributed by atoms with E-state index < -0.39 is 0 Å². The first kappa shape index (κ1) is 16.4. The molecule has 0 aromatic heterocycles. The Bertz CT molecular complexity index is 607. The van der Waals surface area contributed by atoms with Crippen molar-refractivity contribution in [2.45, 2.75) is 52.8 Å². The van der Waals surface area contributed by atoms with Gasteiger partial charge in [0.1, 0.15) is 0 Å². The first-order valence-corrected chi connectivity index (χ1v) is 8.34. The molecule has 0 aliphatic carbocycles. The molecule has 2 aromatic carbocycles. The summed E-state index contributed by atoms with van der Waals surface area (Å²) in [5, 5.41) is 2.68. The van der Waals surface area contributed by atoms with Gasteiger partial charge in [-0.25, -0.2) is 0 Å². The molecule has 0 fully saturated rings. The fourth-order valence-electron chi connectivity index (χ4n) is 3.42. The average molecular weight is 303 g/mol. The van der Waals surface area contributed by atoms with Crippen molar-refractivity contribution < 1.29 is 0 Å². The maximum atomic E-state index is 6.81. The van der Waals surface area contributed by atoms with E-state index in [9.17, 15) is 0 Å².